The Labute approximate surface area is 126 Å². The van der Waals surface area contributed by atoms with E-state index in [9.17, 15) is 9.90 Å². The fourth-order valence-electron chi connectivity index (χ4n) is 2.41. The van der Waals surface area contributed by atoms with Gasteiger partial charge in [0, 0.05) is 36.9 Å². The van der Waals surface area contributed by atoms with Crippen LogP contribution in [0, 0.1) is 0 Å². The van der Waals surface area contributed by atoms with Crippen molar-refractivity contribution in [3.8, 4) is 11.5 Å². The van der Waals surface area contributed by atoms with Crippen molar-refractivity contribution in [2.45, 2.75) is 31.8 Å². The maximum atomic E-state index is 12.1. The van der Waals surface area contributed by atoms with Gasteiger partial charge in [0.25, 0.3) is 0 Å². The number of aliphatic hydroxyl groups excluding tert-OH is 1. The molecule has 1 unspecified atom stereocenters. The number of hydrogen-bond donors (Lipinski definition) is 1. The summed E-state index contributed by atoms with van der Waals surface area (Å²) < 4.78 is 5.55. The molecule has 1 saturated heterocycles. The fraction of sp³-hybridized carbons (Fsp3) is 0.500. The van der Waals surface area contributed by atoms with Crippen molar-refractivity contribution in [1.29, 1.82) is 0 Å². The topological polar surface area (TPSA) is 79.5 Å². The van der Waals surface area contributed by atoms with Gasteiger partial charge in [-0.05, 0) is 24.3 Å². The number of carbonyl (C=O) groups excluding carboxylic acids is 1. The quantitative estimate of drug-likeness (QED) is 0.930. The van der Waals surface area contributed by atoms with Gasteiger partial charge < -0.3 is 14.4 Å². The van der Waals surface area contributed by atoms with Crippen LogP contribution in [0.3, 0.4) is 0 Å². The summed E-state index contributed by atoms with van der Waals surface area (Å²) in [6.07, 6.45) is 2.00. The number of aliphatic hydroxyl groups is 1. The van der Waals surface area contributed by atoms with Crippen LogP contribution in [0.5, 0.6) is 0 Å². The molecule has 0 bridgehead atoms. The van der Waals surface area contributed by atoms with Crippen LogP contribution in [-0.4, -0.2) is 45.3 Å². The molecule has 2 aromatic rings. The summed E-state index contributed by atoms with van der Waals surface area (Å²) in [5, 5.41) is 21.4. The Balaban J connectivity index is 1.54. The number of hydrogen-bond acceptors (Lipinski definition) is 6. The van der Waals surface area contributed by atoms with E-state index in [0.29, 0.717) is 31.2 Å². The number of nitrogens with zero attached hydrogens (tertiary/aromatic N) is 3. The molecule has 3 heterocycles. The third-order valence-electron chi connectivity index (χ3n) is 3.54. The van der Waals surface area contributed by atoms with E-state index < -0.39 is 6.10 Å². The first-order chi connectivity index (χ1) is 10.2. The summed E-state index contributed by atoms with van der Waals surface area (Å²) in [4.78, 5) is 13.8. The molecule has 0 aromatic carbocycles. The highest BCUT2D eigenvalue weighted by Crippen LogP contribution is 2.21. The van der Waals surface area contributed by atoms with Crippen molar-refractivity contribution in [1.82, 2.24) is 15.1 Å². The zero-order valence-electron chi connectivity index (χ0n) is 11.6. The van der Waals surface area contributed by atoms with Crippen LogP contribution in [0.2, 0.25) is 0 Å². The SMILES string of the molecule is O=C(CCc1nnc(-c2ccsc2)o1)N1CCCC(O)C1. The van der Waals surface area contributed by atoms with Gasteiger partial charge in [-0.2, -0.15) is 11.3 Å². The predicted molar refractivity (Wildman–Crippen MR) is 77.8 cm³/mol. The molecule has 0 radical (unpaired) electrons. The Bertz CT molecular complexity index is 596. The molecule has 1 atom stereocenters. The highest BCUT2D eigenvalue weighted by atomic mass is 32.1. The van der Waals surface area contributed by atoms with Crippen molar-refractivity contribution in [2.24, 2.45) is 0 Å². The molecule has 2 aromatic heterocycles. The van der Waals surface area contributed by atoms with Gasteiger partial charge in [-0.15, -0.1) is 10.2 Å². The Morgan fingerprint density at radius 3 is 3.19 bits per heavy atom. The number of piperidine rings is 1. The Hall–Kier alpha value is -1.73. The van der Waals surface area contributed by atoms with E-state index in [1.165, 1.54) is 0 Å². The van der Waals surface area contributed by atoms with Gasteiger partial charge in [0.1, 0.15) is 0 Å². The highest BCUT2D eigenvalue weighted by molar-refractivity contribution is 7.08. The largest absolute Gasteiger partial charge is 0.421 e. The minimum absolute atomic E-state index is 0.0315. The summed E-state index contributed by atoms with van der Waals surface area (Å²) in [6.45, 7) is 1.16. The first-order valence-electron chi connectivity index (χ1n) is 7.03. The number of carbonyl (C=O) groups is 1. The zero-order valence-corrected chi connectivity index (χ0v) is 12.4. The molecule has 1 fully saturated rings. The summed E-state index contributed by atoms with van der Waals surface area (Å²) in [7, 11) is 0. The van der Waals surface area contributed by atoms with E-state index in [-0.39, 0.29) is 5.91 Å². The Kier molecular flexibility index (Phi) is 4.31. The molecule has 0 aliphatic carbocycles. The average molecular weight is 307 g/mol. The second kappa shape index (κ2) is 6.36. The maximum absolute atomic E-state index is 12.1. The fourth-order valence-corrected chi connectivity index (χ4v) is 3.04. The van der Waals surface area contributed by atoms with Gasteiger partial charge in [-0.3, -0.25) is 4.79 Å². The number of rotatable bonds is 4. The third-order valence-corrected chi connectivity index (χ3v) is 4.22. The van der Waals surface area contributed by atoms with Crippen molar-refractivity contribution < 1.29 is 14.3 Å². The lowest BCUT2D eigenvalue weighted by Crippen LogP contribution is -2.42. The standard InChI is InChI=1S/C14H17N3O3S/c18-11-2-1-6-17(8-11)13(19)4-3-12-15-16-14(20-12)10-5-7-21-9-10/h5,7,9,11,18H,1-4,6,8H2. The summed E-state index contributed by atoms with van der Waals surface area (Å²) in [5.41, 5.74) is 0.907. The monoisotopic (exact) mass is 307 g/mol. The molecule has 21 heavy (non-hydrogen) atoms. The third kappa shape index (κ3) is 3.48. The number of likely N-dealkylation sites (tertiary alicyclic amines) is 1. The molecule has 1 aliphatic rings. The average Bonchev–Trinajstić information content (AvgIpc) is 3.15. The minimum atomic E-state index is -0.392. The molecule has 0 spiro atoms. The van der Waals surface area contributed by atoms with Crippen LogP contribution in [0.15, 0.2) is 21.2 Å². The van der Waals surface area contributed by atoms with Gasteiger partial charge in [0.2, 0.25) is 17.7 Å². The molecule has 0 saturated carbocycles. The normalized spacial score (nSPS) is 18.9. The van der Waals surface area contributed by atoms with E-state index in [2.05, 4.69) is 10.2 Å². The second-order valence-electron chi connectivity index (χ2n) is 5.15. The number of thiophene rings is 1. The van der Waals surface area contributed by atoms with Crippen LogP contribution >= 0.6 is 11.3 Å². The molecule has 6 nitrogen and oxygen atoms in total. The van der Waals surface area contributed by atoms with E-state index in [1.54, 1.807) is 16.2 Å². The molecule has 3 rings (SSSR count). The van der Waals surface area contributed by atoms with Gasteiger partial charge in [0.15, 0.2) is 0 Å². The molecule has 1 aliphatic heterocycles. The molecule has 1 amide bonds. The number of aromatic nitrogens is 2. The minimum Gasteiger partial charge on any atom is -0.421 e. The first-order valence-corrected chi connectivity index (χ1v) is 7.97. The molecule has 112 valence electrons. The van der Waals surface area contributed by atoms with Crippen molar-refractivity contribution in [3.05, 3.63) is 22.7 Å². The number of aryl methyl sites for hydroxylation is 1. The van der Waals surface area contributed by atoms with Crippen LogP contribution in [0.1, 0.15) is 25.2 Å². The van der Waals surface area contributed by atoms with Crippen LogP contribution in [-0.2, 0) is 11.2 Å². The van der Waals surface area contributed by atoms with Crippen molar-refractivity contribution in [2.75, 3.05) is 13.1 Å². The van der Waals surface area contributed by atoms with Gasteiger partial charge in [-0.1, -0.05) is 0 Å². The molecular formula is C14H17N3O3S. The highest BCUT2D eigenvalue weighted by Gasteiger charge is 2.22. The van der Waals surface area contributed by atoms with E-state index >= 15 is 0 Å². The van der Waals surface area contributed by atoms with Gasteiger partial charge >= 0.3 is 0 Å². The predicted octanol–water partition coefficient (Wildman–Crippen LogP) is 1.71. The lowest BCUT2D eigenvalue weighted by atomic mass is 10.1. The molecule has 1 N–H and O–H groups in total. The maximum Gasteiger partial charge on any atom is 0.248 e. The number of amides is 1. The molecular weight excluding hydrogens is 290 g/mol. The van der Waals surface area contributed by atoms with Gasteiger partial charge in [0.05, 0.1) is 6.10 Å². The Morgan fingerprint density at radius 2 is 2.43 bits per heavy atom. The van der Waals surface area contributed by atoms with E-state index in [4.69, 9.17) is 4.42 Å². The van der Waals surface area contributed by atoms with Crippen molar-refractivity contribution >= 4 is 17.2 Å². The van der Waals surface area contributed by atoms with Crippen LogP contribution in [0.4, 0.5) is 0 Å². The van der Waals surface area contributed by atoms with Crippen molar-refractivity contribution in [3.63, 3.8) is 0 Å². The first kappa shape index (κ1) is 14.2. The Morgan fingerprint density at radius 1 is 1.52 bits per heavy atom. The number of β-amino-alcohol motifs (C(OH)–C–C–N with tert-alkyl or cyclic N) is 1. The summed E-state index contributed by atoms with van der Waals surface area (Å²) in [5.74, 6) is 0.998. The van der Waals surface area contributed by atoms with Gasteiger partial charge in [-0.25, -0.2) is 0 Å². The smallest absolute Gasteiger partial charge is 0.248 e. The van der Waals surface area contributed by atoms with Crippen LogP contribution in [0.25, 0.3) is 11.5 Å². The van der Waals surface area contributed by atoms with Crippen LogP contribution < -0.4 is 0 Å². The zero-order chi connectivity index (χ0) is 14.7. The lowest BCUT2D eigenvalue weighted by Gasteiger charge is -2.30. The molecule has 7 heteroatoms. The second-order valence-corrected chi connectivity index (χ2v) is 5.93. The lowest BCUT2D eigenvalue weighted by molar-refractivity contribution is -0.134. The van der Waals surface area contributed by atoms with E-state index in [0.717, 1.165) is 24.9 Å². The summed E-state index contributed by atoms with van der Waals surface area (Å²) >= 11 is 1.57. The summed E-state index contributed by atoms with van der Waals surface area (Å²) in [6, 6.07) is 1.92. The van der Waals surface area contributed by atoms with E-state index in [1.807, 2.05) is 16.8 Å².